The Hall–Kier alpha value is -1.53. The molecule has 3 nitrogen and oxygen atoms in total. The fourth-order valence-electron chi connectivity index (χ4n) is 2.78. The number of rotatable bonds is 5. The van der Waals surface area contributed by atoms with E-state index >= 15 is 0 Å². The highest BCUT2D eigenvalue weighted by Gasteiger charge is 2.25. The van der Waals surface area contributed by atoms with Crippen LogP contribution in [0.5, 0.6) is 5.75 Å². The standard InChI is InChI=1S/C16H22N2O/c1-13-10-14(2)18(12-13)8-3-9-19-16-6-4-15(11-17)5-7-16/h4-7,13-14H,3,8-10,12H2,1-2H3. The van der Waals surface area contributed by atoms with E-state index in [0.717, 1.165) is 31.2 Å². The lowest BCUT2D eigenvalue weighted by Gasteiger charge is -2.20. The van der Waals surface area contributed by atoms with Gasteiger partial charge < -0.3 is 9.64 Å². The van der Waals surface area contributed by atoms with Crippen LogP contribution in [-0.4, -0.2) is 30.6 Å². The summed E-state index contributed by atoms with van der Waals surface area (Å²) in [4.78, 5) is 2.55. The molecule has 0 aromatic heterocycles. The van der Waals surface area contributed by atoms with E-state index in [9.17, 15) is 0 Å². The summed E-state index contributed by atoms with van der Waals surface area (Å²) in [6.45, 7) is 7.71. The molecule has 1 aliphatic heterocycles. The van der Waals surface area contributed by atoms with Gasteiger partial charge >= 0.3 is 0 Å². The van der Waals surface area contributed by atoms with Crippen LogP contribution in [0.15, 0.2) is 24.3 Å². The Morgan fingerprint density at radius 1 is 1.32 bits per heavy atom. The molecule has 1 aliphatic rings. The van der Waals surface area contributed by atoms with Crippen LogP contribution in [0.3, 0.4) is 0 Å². The van der Waals surface area contributed by atoms with Crippen LogP contribution in [0.25, 0.3) is 0 Å². The van der Waals surface area contributed by atoms with E-state index in [2.05, 4.69) is 24.8 Å². The first-order valence-corrected chi connectivity index (χ1v) is 7.06. The van der Waals surface area contributed by atoms with Gasteiger partial charge in [-0.25, -0.2) is 0 Å². The molecule has 1 aromatic rings. The fourth-order valence-corrected chi connectivity index (χ4v) is 2.78. The zero-order valence-corrected chi connectivity index (χ0v) is 11.8. The molecule has 102 valence electrons. The maximum absolute atomic E-state index is 8.71. The summed E-state index contributed by atoms with van der Waals surface area (Å²) < 4.78 is 5.69. The molecule has 2 atom stereocenters. The van der Waals surface area contributed by atoms with E-state index in [1.54, 1.807) is 12.1 Å². The highest BCUT2D eigenvalue weighted by molar-refractivity contribution is 5.34. The second-order valence-electron chi connectivity index (χ2n) is 5.52. The summed E-state index contributed by atoms with van der Waals surface area (Å²) in [5.74, 6) is 1.68. The first-order chi connectivity index (χ1) is 9.19. The van der Waals surface area contributed by atoms with Gasteiger partial charge in [-0.1, -0.05) is 6.92 Å². The SMILES string of the molecule is CC1CC(C)N(CCCOc2ccc(C#N)cc2)C1. The zero-order chi connectivity index (χ0) is 13.7. The van der Waals surface area contributed by atoms with Crippen LogP contribution in [0.1, 0.15) is 32.3 Å². The Kier molecular flexibility index (Phi) is 4.81. The summed E-state index contributed by atoms with van der Waals surface area (Å²) in [7, 11) is 0. The van der Waals surface area contributed by atoms with Crippen LogP contribution in [-0.2, 0) is 0 Å². The fraction of sp³-hybridized carbons (Fsp3) is 0.562. The molecule has 0 aliphatic carbocycles. The number of ether oxygens (including phenoxy) is 1. The Bertz CT molecular complexity index is 435. The molecular formula is C16H22N2O. The minimum atomic E-state index is 0.673. The highest BCUT2D eigenvalue weighted by Crippen LogP contribution is 2.22. The number of hydrogen-bond donors (Lipinski definition) is 0. The third-order valence-electron chi connectivity index (χ3n) is 3.75. The molecule has 2 rings (SSSR count). The molecule has 1 fully saturated rings. The zero-order valence-electron chi connectivity index (χ0n) is 11.8. The lowest BCUT2D eigenvalue weighted by atomic mass is 10.1. The van der Waals surface area contributed by atoms with Crippen molar-refractivity contribution in [2.45, 2.75) is 32.7 Å². The molecular weight excluding hydrogens is 236 g/mol. The van der Waals surface area contributed by atoms with Gasteiger partial charge in [0.15, 0.2) is 0 Å². The molecule has 1 saturated heterocycles. The van der Waals surface area contributed by atoms with Crippen LogP contribution >= 0.6 is 0 Å². The molecule has 0 bridgehead atoms. The van der Waals surface area contributed by atoms with Crippen molar-refractivity contribution in [3.63, 3.8) is 0 Å². The Morgan fingerprint density at radius 2 is 2.05 bits per heavy atom. The number of hydrogen-bond acceptors (Lipinski definition) is 3. The third kappa shape index (κ3) is 3.97. The van der Waals surface area contributed by atoms with E-state index < -0.39 is 0 Å². The van der Waals surface area contributed by atoms with Crippen molar-refractivity contribution in [1.82, 2.24) is 4.90 Å². The Labute approximate surface area is 115 Å². The van der Waals surface area contributed by atoms with Gasteiger partial charge in [0.25, 0.3) is 0 Å². The summed E-state index contributed by atoms with van der Waals surface area (Å²) in [6.07, 6.45) is 2.37. The molecule has 0 saturated carbocycles. The van der Waals surface area contributed by atoms with Crippen molar-refractivity contribution in [2.24, 2.45) is 5.92 Å². The quantitative estimate of drug-likeness (QED) is 0.762. The first-order valence-electron chi connectivity index (χ1n) is 7.06. The molecule has 1 aromatic carbocycles. The number of nitriles is 1. The van der Waals surface area contributed by atoms with Crippen molar-refractivity contribution in [3.05, 3.63) is 29.8 Å². The summed E-state index contributed by atoms with van der Waals surface area (Å²) in [6, 6.07) is 10.1. The number of benzene rings is 1. The van der Waals surface area contributed by atoms with Gasteiger partial charge in [-0.2, -0.15) is 5.26 Å². The lowest BCUT2D eigenvalue weighted by Crippen LogP contribution is -2.29. The minimum absolute atomic E-state index is 0.673. The smallest absolute Gasteiger partial charge is 0.119 e. The van der Waals surface area contributed by atoms with E-state index in [0.29, 0.717) is 11.6 Å². The second kappa shape index (κ2) is 6.58. The largest absolute Gasteiger partial charge is 0.494 e. The average molecular weight is 258 g/mol. The number of nitrogens with zero attached hydrogens (tertiary/aromatic N) is 2. The van der Waals surface area contributed by atoms with Crippen LogP contribution in [0.4, 0.5) is 0 Å². The van der Waals surface area contributed by atoms with Crippen LogP contribution < -0.4 is 4.74 Å². The van der Waals surface area contributed by atoms with Crippen molar-refractivity contribution in [2.75, 3.05) is 19.7 Å². The minimum Gasteiger partial charge on any atom is -0.494 e. The molecule has 0 spiro atoms. The summed E-state index contributed by atoms with van der Waals surface area (Å²) in [5.41, 5.74) is 0.673. The van der Waals surface area contributed by atoms with Gasteiger partial charge in [0, 0.05) is 19.1 Å². The van der Waals surface area contributed by atoms with E-state index in [4.69, 9.17) is 10.00 Å². The predicted octanol–water partition coefficient (Wildman–Crippen LogP) is 3.06. The summed E-state index contributed by atoms with van der Waals surface area (Å²) >= 11 is 0. The molecule has 2 unspecified atom stereocenters. The van der Waals surface area contributed by atoms with Gasteiger partial charge in [0.2, 0.25) is 0 Å². The predicted molar refractivity (Wildman–Crippen MR) is 76.1 cm³/mol. The topological polar surface area (TPSA) is 36.3 Å². The molecule has 0 radical (unpaired) electrons. The van der Waals surface area contributed by atoms with Gasteiger partial charge in [0.1, 0.15) is 5.75 Å². The second-order valence-corrected chi connectivity index (χ2v) is 5.52. The van der Waals surface area contributed by atoms with Crippen molar-refractivity contribution in [3.8, 4) is 11.8 Å². The van der Waals surface area contributed by atoms with Crippen molar-refractivity contribution in [1.29, 1.82) is 5.26 Å². The van der Waals surface area contributed by atoms with Gasteiger partial charge in [0.05, 0.1) is 18.2 Å². The maximum Gasteiger partial charge on any atom is 0.119 e. The molecule has 0 N–H and O–H groups in total. The maximum atomic E-state index is 8.71. The van der Waals surface area contributed by atoms with E-state index in [1.165, 1.54) is 13.0 Å². The molecule has 0 amide bonds. The normalized spacial score (nSPS) is 23.2. The van der Waals surface area contributed by atoms with Crippen molar-refractivity contribution < 1.29 is 4.74 Å². The Balaban J connectivity index is 1.68. The molecule has 1 heterocycles. The highest BCUT2D eigenvalue weighted by atomic mass is 16.5. The third-order valence-corrected chi connectivity index (χ3v) is 3.75. The van der Waals surface area contributed by atoms with Gasteiger partial charge in [-0.05, 0) is 49.9 Å². The van der Waals surface area contributed by atoms with Crippen LogP contribution in [0, 0.1) is 17.2 Å². The van der Waals surface area contributed by atoms with E-state index in [-0.39, 0.29) is 0 Å². The number of likely N-dealkylation sites (tertiary alicyclic amines) is 1. The van der Waals surface area contributed by atoms with Crippen LogP contribution in [0.2, 0.25) is 0 Å². The summed E-state index contributed by atoms with van der Waals surface area (Å²) in [5, 5.41) is 8.71. The first kappa shape index (κ1) is 13.9. The average Bonchev–Trinajstić information content (AvgIpc) is 2.74. The lowest BCUT2D eigenvalue weighted by molar-refractivity contribution is 0.228. The molecule has 3 heteroatoms. The monoisotopic (exact) mass is 258 g/mol. The molecule has 19 heavy (non-hydrogen) atoms. The van der Waals surface area contributed by atoms with Gasteiger partial charge in [-0.15, -0.1) is 0 Å². The van der Waals surface area contributed by atoms with E-state index in [1.807, 2.05) is 12.1 Å². The Morgan fingerprint density at radius 3 is 2.63 bits per heavy atom. The van der Waals surface area contributed by atoms with Gasteiger partial charge in [-0.3, -0.25) is 0 Å². The van der Waals surface area contributed by atoms with Crippen molar-refractivity contribution >= 4 is 0 Å².